The molecule has 0 atom stereocenters. The van der Waals surface area contributed by atoms with E-state index < -0.39 is 0 Å². The van der Waals surface area contributed by atoms with Crippen molar-refractivity contribution in [3.63, 3.8) is 0 Å². The fourth-order valence-electron chi connectivity index (χ4n) is 10.7. The molecule has 0 N–H and O–H groups in total. The van der Waals surface area contributed by atoms with Gasteiger partial charge in [-0.25, -0.2) is 0 Å². The number of benzene rings is 10. The van der Waals surface area contributed by atoms with Crippen molar-refractivity contribution in [3.8, 4) is 61.3 Å². The van der Waals surface area contributed by atoms with Crippen LogP contribution in [-0.4, -0.2) is 4.57 Å². The minimum atomic E-state index is -0.129. The van der Waals surface area contributed by atoms with Gasteiger partial charge in [-0.3, -0.25) is 0 Å². The summed E-state index contributed by atoms with van der Waals surface area (Å²) in [6.45, 7) is 9.07. The van der Waals surface area contributed by atoms with Gasteiger partial charge >= 0.3 is 0 Å². The first kappa shape index (κ1) is 40.3. The van der Waals surface area contributed by atoms with Gasteiger partial charge in [0, 0.05) is 38.8 Å². The van der Waals surface area contributed by atoms with Crippen LogP contribution in [-0.2, 0) is 5.41 Å². The number of fused-ring (bicyclic) bond motifs is 6. The van der Waals surface area contributed by atoms with Crippen LogP contribution in [0.5, 0.6) is 0 Å². The Morgan fingerprint density at radius 3 is 1.45 bits per heavy atom. The van der Waals surface area contributed by atoms with Gasteiger partial charge in [0.05, 0.1) is 16.7 Å². The number of rotatable bonds is 8. The van der Waals surface area contributed by atoms with Crippen LogP contribution in [0.15, 0.2) is 231 Å². The van der Waals surface area contributed by atoms with E-state index in [4.69, 9.17) is 0 Å². The lowest BCUT2D eigenvalue weighted by Crippen LogP contribution is -2.17. The van der Waals surface area contributed by atoms with Gasteiger partial charge in [-0.2, -0.15) is 0 Å². The molecule has 67 heavy (non-hydrogen) atoms. The fraction of sp³-hybridized carbons (Fsp3) is 0.0769. The van der Waals surface area contributed by atoms with Crippen LogP contribution in [0, 0.1) is 13.8 Å². The van der Waals surface area contributed by atoms with Crippen molar-refractivity contribution in [1.82, 2.24) is 4.57 Å². The highest BCUT2D eigenvalue weighted by atomic mass is 15.1. The summed E-state index contributed by atoms with van der Waals surface area (Å²) in [4.78, 5) is 2.45. The van der Waals surface area contributed by atoms with E-state index in [0.717, 1.165) is 17.1 Å². The van der Waals surface area contributed by atoms with Crippen LogP contribution in [0.4, 0.5) is 17.1 Å². The van der Waals surface area contributed by atoms with E-state index in [9.17, 15) is 0 Å². The Hall–Kier alpha value is -8.20. The van der Waals surface area contributed by atoms with Crippen molar-refractivity contribution in [2.45, 2.75) is 33.1 Å². The van der Waals surface area contributed by atoms with Crippen LogP contribution in [0.25, 0.3) is 83.1 Å². The van der Waals surface area contributed by atoms with E-state index in [1.54, 1.807) is 0 Å². The smallest absolute Gasteiger partial charge is 0.0541 e. The van der Waals surface area contributed by atoms with Crippen LogP contribution in [0.3, 0.4) is 0 Å². The lowest BCUT2D eigenvalue weighted by atomic mass is 9.82. The third kappa shape index (κ3) is 6.87. The molecule has 1 aliphatic carbocycles. The molecule has 1 aliphatic rings. The van der Waals surface area contributed by atoms with E-state index in [2.05, 4.69) is 268 Å². The summed E-state index contributed by atoms with van der Waals surface area (Å²) in [6, 6.07) is 85.1. The van der Waals surface area contributed by atoms with Crippen molar-refractivity contribution in [1.29, 1.82) is 0 Å². The molecule has 10 aromatic carbocycles. The van der Waals surface area contributed by atoms with Crippen LogP contribution in [0.1, 0.15) is 36.1 Å². The van der Waals surface area contributed by atoms with Crippen molar-refractivity contribution in [2.75, 3.05) is 4.90 Å². The summed E-state index contributed by atoms with van der Waals surface area (Å²) in [5, 5.41) is 2.60. The molecule has 1 heterocycles. The zero-order chi connectivity index (χ0) is 45.2. The Kier molecular flexibility index (Phi) is 9.66. The molecule has 0 saturated heterocycles. The zero-order valence-corrected chi connectivity index (χ0v) is 38.3. The third-order valence-corrected chi connectivity index (χ3v) is 14.2. The van der Waals surface area contributed by atoms with E-state index in [1.807, 2.05) is 0 Å². The molecule has 0 amide bonds. The maximum Gasteiger partial charge on any atom is 0.0541 e. The Labute approximate surface area is 393 Å². The molecule has 12 rings (SSSR count). The molecule has 0 unspecified atom stereocenters. The van der Waals surface area contributed by atoms with Gasteiger partial charge in [-0.1, -0.05) is 189 Å². The van der Waals surface area contributed by atoms with E-state index in [1.165, 1.54) is 105 Å². The monoisotopic (exact) mass is 858 g/mol. The van der Waals surface area contributed by atoms with Crippen molar-refractivity contribution in [2.24, 2.45) is 0 Å². The summed E-state index contributed by atoms with van der Waals surface area (Å²) < 4.78 is 2.40. The average Bonchev–Trinajstić information content (AvgIpc) is 3.81. The predicted octanol–water partition coefficient (Wildman–Crippen LogP) is 17.8. The Morgan fingerprint density at radius 1 is 0.343 bits per heavy atom. The summed E-state index contributed by atoms with van der Waals surface area (Å²) in [5.74, 6) is 0. The summed E-state index contributed by atoms with van der Waals surface area (Å²) >= 11 is 0. The molecule has 2 heteroatoms. The topological polar surface area (TPSA) is 8.17 Å². The SMILES string of the molecule is Cc1ccc2c(c1)c1cc(C)ccc1n2-c1ccc(-c2ccc(-c3ccc(N(c4ccc5c(c4)C(C)(C)c4ccccc4-5)c4ccccc4-c4ccccc4-c4ccccc4)cc3)cc2)cc1. The second-order valence-electron chi connectivity index (χ2n) is 18.7. The molecule has 2 nitrogen and oxygen atoms in total. The quantitative estimate of drug-likeness (QED) is 0.148. The molecule has 0 spiro atoms. The number of aromatic nitrogens is 1. The maximum atomic E-state index is 2.45. The number of anilines is 3. The first-order valence-corrected chi connectivity index (χ1v) is 23.4. The second kappa shape index (κ2) is 16.0. The van der Waals surface area contributed by atoms with Gasteiger partial charge in [0.2, 0.25) is 0 Å². The summed E-state index contributed by atoms with van der Waals surface area (Å²) in [6.07, 6.45) is 0. The predicted molar refractivity (Wildman–Crippen MR) is 284 cm³/mol. The van der Waals surface area contributed by atoms with Crippen molar-refractivity contribution < 1.29 is 0 Å². The molecule has 11 aromatic rings. The molecule has 320 valence electrons. The Bertz CT molecular complexity index is 3590. The van der Waals surface area contributed by atoms with Crippen molar-refractivity contribution >= 4 is 38.9 Å². The lowest BCUT2D eigenvalue weighted by molar-refractivity contribution is 0.660. The molecular weight excluding hydrogens is 809 g/mol. The third-order valence-electron chi connectivity index (χ3n) is 14.2. The van der Waals surface area contributed by atoms with Gasteiger partial charge in [0.1, 0.15) is 0 Å². The van der Waals surface area contributed by atoms with E-state index in [-0.39, 0.29) is 5.41 Å². The lowest BCUT2D eigenvalue weighted by Gasteiger charge is -2.30. The summed E-state index contributed by atoms with van der Waals surface area (Å²) in [7, 11) is 0. The molecular formula is C65H50N2. The molecule has 1 aromatic heterocycles. The fourth-order valence-corrected chi connectivity index (χ4v) is 10.7. The van der Waals surface area contributed by atoms with Gasteiger partial charge < -0.3 is 9.47 Å². The highest BCUT2D eigenvalue weighted by molar-refractivity contribution is 6.09. The molecule has 0 radical (unpaired) electrons. The molecule has 0 bridgehead atoms. The minimum absolute atomic E-state index is 0.129. The van der Waals surface area contributed by atoms with E-state index in [0.29, 0.717) is 0 Å². The molecule has 0 aliphatic heterocycles. The normalized spacial score (nSPS) is 12.6. The number of hydrogen-bond donors (Lipinski definition) is 0. The van der Waals surface area contributed by atoms with Gasteiger partial charge in [-0.05, 0) is 142 Å². The van der Waals surface area contributed by atoms with E-state index >= 15 is 0 Å². The highest BCUT2D eigenvalue weighted by Gasteiger charge is 2.36. The van der Waals surface area contributed by atoms with Crippen LogP contribution < -0.4 is 4.90 Å². The minimum Gasteiger partial charge on any atom is -0.310 e. The van der Waals surface area contributed by atoms with Gasteiger partial charge in [0.25, 0.3) is 0 Å². The molecule has 0 saturated carbocycles. The Balaban J connectivity index is 0.898. The van der Waals surface area contributed by atoms with Gasteiger partial charge in [-0.15, -0.1) is 0 Å². The highest BCUT2D eigenvalue weighted by Crippen LogP contribution is 2.52. The van der Waals surface area contributed by atoms with Crippen LogP contribution >= 0.6 is 0 Å². The number of para-hydroxylation sites is 1. The van der Waals surface area contributed by atoms with Crippen molar-refractivity contribution in [3.05, 3.63) is 253 Å². The first-order valence-electron chi connectivity index (χ1n) is 23.4. The number of nitrogens with zero attached hydrogens (tertiary/aromatic N) is 2. The summed E-state index contributed by atoms with van der Waals surface area (Å²) in [5.41, 5.74) is 24.3. The molecule has 0 fully saturated rings. The largest absolute Gasteiger partial charge is 0.310 e. The zero-order valence-electron chi connectivity index (χ0n) is 38.3. The number of aryl methyl sites for hydroxylation is 2. The first-order chi connectivity index (χ1) is 32.8. The maximum absolute atomic E-state index is 2.45. The average molecular weight is 859 g/mol. The standard InChI is InChI=1S/C65H50N2/c1-43-22-38-63-58(40-43)59-41-44(2)23-39-64(59)67(63)51-34-30-48(31-35-51)46-26-24-45(25-27-46)47-28-32-50(33-29-47)66(52-36-37-56-55-18-10-12-20-60(55)65(3,4)61(56)42-52)62-21-13-11-19-57(62)54-17-9-8-16-53(54)49-14-6-5-7-15-49/h5-42H,1-4H3. The van der Waals surface area contributed by atoms with Crippen LogP contribution in [0.2, 0.25) is 0 Å². The number of hydrogen-bond acceptors (Lipinski definition) is 1. The second-order valence-corrected chi connectivity index (χ2v) is 18.7. The van der Waals surface area contributed by atoms with Gasteiger partial charge in [0.15, 0.2) is 0 Å². The Morgan fingerprint density at radius 2 is 0.821 bits per heavy atom.